The maximum atomic E-state index is 14.7. The van der Waals surface area contributed by atoms with Gasteiger partial charge in [-0.25, -0.2) is 9.78 Å². The summed E-state index contributed by atoms with van der Waals surface area (Å²) in [7, 11) is 0. The van der Waals surface area contributed by atoms with Gasteiger partial charge in [0, 0.05) is 61.2 Å². The first kappa shape index (κ1) is 32.6. The number of piperazine rings is 1. The number of hydrogen-bond donors (Lipinski definition) is 3. The molecule has 244 valence electrons. The van der Waals surface area contributed by atoms with E-state index in [0.717, 1.165) is 23.0 Å². The van der Waals surface area contributed by atoms with Gasteiger partial charge in [-0.3, -0.25) is 14.8 Å². The van der Waals surface area contributed by atoms with Crippen LogP contribution in [0.4, 0.5) is 43.9 Å². The minimum absolute atomic E-state index is 0.0165. The highest BCUT2D eigenvalue weighted by Gasteiger charge is 2.59. The fourth-order valence-corrected chi connectivity index (χ4v) is 4.96. The summed E-state index contributed by atoms with van der Waals surface area (Å²) in [6, 6.07) is 11.2. The van der Waals surface area contributed by atoms with Gasteiger partial charge in [0.25, 0.3) is 5.91 Å². The molecule has 0 atom stereocenters. The van der Waals surface area contributed by atoms with Crippen molar-refractivity contribution in [1.82, 2.24) is 25.0 Å². The van der Waals surface area contributed by atoms with Crippen LogP contribution in [0.2, 0.25) is 0 Å². The molecule has 0 spiro atoms. The first-order valence-corrected chi connectivity index (χ1v) is 14.4. The van der Waals surface area contributed by atoms with E-state index in [1.807, 2.05) is 6.07 Å². The number of rotatable bonds is 7. The van der Waals surface area contributed by atoms with Gasteiger partial charge in [0.2, 0.25) is 0 Å². The number of benzene rings is 2. The van der Waals surface area contributed by atoms with E-state index in [9.17, 15) is 31.5 Å². The lowest BCUT2D eigenvalue weighted by molar-refractivity contribution is -0.289. The van der Waals surface area contributed by atoms with Gasteiger partial charge in [-0.05, 0) is 68.8 Å². The van der Waals surface area contributed by atoms with Gasteiger partial charge in [0.05, 0.1) is 17.3 Å². The SMILES string of the molecule is CC(C)(C)OC(=O)N1CCN(Cc2cc(NC(=O)c3cccnc3Nc3ccc4cn[nH]c4c3)ccc2C(F)(F)C(F)(F)F)CC1. The van der Waals surface area contributed by atoms with Gasteiger partial charge in [0.15, 0.2) is 0 Å². The third-order valence-electron chi connectivity index (χ3n) is 7.23. The van der Waals surface area contributed by atoms with Crippen LogP contribution in [-0.4, -0.2) is 74.9 Å². The molecule has 3 N–H and O–H groups in total. The molecular weight excluding hydrogens is 613 g/mol. The predicted octanol–water partition coefficient (Wildman–Crippen LogP) is 6.66. The van der Waals surface area contributed by atoms with E-state index in [0.29, 0.717) is 11.8 Å². The molecule has 46 heavy (non-hydrogen) atoms. The molecule has 1 saturated heterocycles. The Kier molecular flexibility index (Phi) is 8.89. The summed E-state index contributed by atoms with van der Waals surface area (Å²) in [5, 5.41) is 13.4. The largest absolute Gasteiger partial charge is 0.458 e. The zero-order valence-electron chi connectivity index (χ0n) is 25.2. The van der Waals surface area contributed by atoms with Gasteiger partial charge in [-0.2, -0.15) is 27.1 Å². The Bertz CT molecular complexity index is 1730. The maximum Gasteiger partial charge on any atom is 0.458 e. The summed E-state index contributed by atoms with van der Waals surface area (Å²) in [5.74, 6) is -5.60. The van der Waals surface area contributed by atoms with Crippen molar-refractivity contribution in [2.24, 2.45) is 0 Å². The van der Waals surface area contributed by atoms with E-state index in [4.69, 9.17) is 4.74 Å². The molecule has 0 saturated carbocycles. The highest BCUT2D eigenvalue weighted by atomic mass is 19.4. The second kappa shape index (κ2) is 12.5. The van der Waals surface area contributed by atoms with Gasteiger partial charge in [0.1, 0.15) is 11.4 Å². The molecule has 10 nitrogen and oxygen atoms in total. The number of ether oxygens (including phenoxy) is 1. The molecule has 3 heterocycles. The highest BCUT2D eigenvalue weighted by Crippen LogP contribution is 2.45. The van der Waals surface area contributed by atoms with Gasteiger partial charge >= 0.3 is 18.2 Å². The van der Waals surface area contributed by atoms with Crippen molar-refractivity contribution in [2.45, 2.75) is 45.0 Å². The fourth-order valence-electron chi connectivity index (χ4n) is 4.96. The van der Waals surface area contributed by atoms with Crippen LogP contribution in [0.3, 0.4) is 0 Å². The second-order valence-electron chi connectivity index (χ2n) is 11.8. The van der Waals surface area contributed by atoms with Crippen LogP contribution in [-0.2, 0) is 17.2 Å². The zero-order chi connectivity index (χ0) is 33.3. The molecule has 2 aromatic heterocycles. The van der Waals surface area contributed by atoms with E-state index < -0.39 is 35.3 Å². The van der Waals surface area contributed by atoms with Crippen molar-refractivity contribution >= 4 is 40.1 Å². The summed E-state index contributed by atoms with van der Waals surface area (Å²) < 4.78 is 75.1. The van der Waals surface area contributed by atoms with Crippen molar-refractivity contribution in [2.75, 3.05) is 36.8 Å². The lowest BCUT2D eigenvalue weighted by Gasteiger charge is -2.36. The highest BCUT2D eigenvalue weighted by molar-refractivity contribution is 6.08. The molecule has 1 aliphatic heterocycles. The van der Waals surface area contributed by atoms with Gasteiger partial charge in [-0.15, -0.1) is 0 Å². The number of carbonyl (C=O) groups is 2. The van der Waals surface area contributed by atoms with Gasteiger partial charge < -0.3 is 20.3 Å². The third kappa shape index (κ3) is 7.36. The summed E-state index contributed by atoms with van der Waals surface area (Å²) in [4.78, 5) is 33.1. The molecule has 5 rings (SSSR count). The predicted molar refractivity (Wildman–Crippen MR) is 161 cm³/mol. The monoisotopic (exact) mass is 645 g/mol. The van der Waals surface area contributed by atoms with Crippen molar-refractivity contribution in [3.8, 4) is 0 Å². The normalized spacial score (nSPS) is 14.7. The van der Waals surface area contributed by atoms with Crippen molar-refractivity contribution in [3.05, 3.63) is 77.6 Å². The summed E-state index contributed by atoms with van der Waals surface area (Å²) in [5.41, 5.74) is -0.759. The summed E-state index contributed by atoms with van der Waals surface area (Å²) >= 11 is 0. The Morgan fingerprint density at radius 1 is 0.957 bits per heavy atom. The van der Waals surface area contributed by atoms with Crippen LogP contribution in [0.1, 0.15) is 42.3 Å². The standard InChI is InChI=1S/C31H32F5N7O3/c1-29(2,3)46-28(45)43-13-11-42(12-14-43)18-20-15-21(8-9-24(20)30(32,33)31(34,35)36)40-27(44)23-5-4-10-37-26(23)39-22-7-6-19-17-38-41-25(19)16-22/h4-10,15-17H,11-14,18H2,1-3H3,(H,37,39)(H,38,41)(H,40,44). The number of amides is 2. The van der Waals surface area contributed by atoms with Gasteiger partial charge in [-0.1, -0.05) is 6.07 Å². The lowest BCUT2D eigenvalue weighted by Crippen LogP contribution is -2.49. The number of nitrogens with one attached hydrogen (secondary N) is 3. The molecule has 0 aliphatic carbocycles. The number of pyridine rings is 1. The number of aromatic amines is 1. The number of fused-ring (bicyclic) bond motifs is 1. The van der Waals surface area contributed by atoms with Crippen molar-refractivity contribution in [3.63, 3.8) is 0 Å². The Morgan fingerprint density at radius 2 is 1.67 bits per heavy atom. The second-order valence-corrected chi connectivity index (χ2v) is 11.8. The van der Waals surface area contributed by atoms with E-state index in [1.54, 1.807) is 44.0 Å². The van der Waals surface area contributed by atoms with Crippen molar-refractivity contribution < 1.29 is 36.3 Å². The number of carbonyl (C=O) groups excluding carboxylic acids is 2. The number of hydrogen-bond acceptors (Lipinski definition) is 7. The minimum atomic E-state index is -5.84. The van der Waals surface area contributed by atoms with Crippen LogP contribution >= 0.6 is 0 Å². The number of H-pyrrole nitrogens is 1. The van der Waals surface area contributed by atoms with E-state index in [2.05, 4.69) is 25.8 Å². The summed E-state index contributed by atoms with van der Waals surface area (Å²) in [6.45, 7) is 5.71. The molecule has 1 aliphatic rings. The molecular formula is C31H32F5N7O3. The maximum absolute atomic E-state index is 14.7. The number of nitrogens with zero attached hydrogens (tertiary/aromatic N) is 4. The number of halogens is 5. The zero-order valence-corrected chi connectivity index (χ0v) is 25.2. The van der Waals surface area contributed by atoms with Crippen LogP contribution in [0.15, 0.2) is 60.9 Å². The average molecular weight is 646 g/mol. The molecule has 0 unspecified atom stereocenters. The van der Waals surface area contributed by atoms with Crippen molar-refractivity contribution in [1.29, 1.82) is 0 Å². The molecule has 0 radical (unpaired) electrons. The van der Waals surface area contributed by atoms with Crippen LogP contribution in [0, 0.1) is 0 Å². The Balaban J connectivity index is 1.35. The van der Waals surface area contributed by atoms with E-state index >= 15 is 0 Å². The van der Waals surface area contributed by atoms with Crippen LogP contribution in [0.5, 0.6) is 0 Å². The Hall–Kier alpha value is -4.79. The average Bonchev–Trinajstić information content (AvgIpc) is 3.44. The van der Waals surface area contributed by atoms with Crippen LogP contribution < -0.4 is 10.6 Å². The molecule has 0 bridgehead atoms. The molecule has 15 heteroatoms. The quantitative estimate of drug-likeness (QED) is 0.193. The first-order valence-electron chi connectivity index (χ1n) is 14.4. The number of aromatic nitrogens is 3. The molecule has 2 aromatic carbocycles. The smallest absolute Gasteiger partial charge is 0.444 e. The number of alkyl halides is 5. The molecule has 4 aromatic rings. The molecule has 2 amide bonds. The Morgan fingerprint density at radius 3 is 2.37 bits per heavy atom. The van der Waals surface area contributed by atoms with Crippen LogP contribution in [0.25, 0.3) is 10.9 Å². The fraction of sp³-hybridized carbons (Fsp3) is 0.355. The van der Waals surface area contributed by atoms with E-state index in [-0.39, 0.29) is 55.4 Å². The third-order valence-corrected chi connectivity index (χ3v) is 7.23. The lowest BCUT2D eigenvalue weighted by atomic mass is 9.99. The summed E-state index contributed by atoms with van der Waals surface area (Å²) in [6.07, 6.45) is -3.24. The molecule has 1 fully saturated rings. The topological polar surface area (TPSA) is 115 Å². The Labute approximate surface area is 260 Å². The first-order chi connectivity index (χ1) is 21.6. The van der Waals surface area contributed by atoms with E-state index in [1.165, 1.54) is 23.2 Å². The minimum Gasteiger partial charge on any atom is -0.444 e. The number of anilines is 3.